The van der Waals surface area contributed by atoms with Gasteiger partial charge in [-0.2, -0.15) is 5.10 Å². The third-order valence-corrected chi connectivity index (χ3v) is 4.12. The highest BCUT2D eigenvalue weighted by Gasteiger charge is 2.21. The van der Waals surface area contributed by atoms with Crippen molar-refractivity contribution in [2.24, 2.45) is 0 Å². The lowest BCUT2D eigenvalue weighted by molar-refractivity contribution is 0.0982. The molecule has 0 saturated heterocycles. The Hall–Kier alpha value is -1.62. The van der Waals surface area contributed by atoms with Crippen molar-refractivity contribution in [3.05, 3.63) is 45.2 Å². The van der Waals surface area contributed by atoms with Crippen LogP contribution in [0.15, 0.2) is 22.7 Å². The van der Waals surface area contributed by atoms with Gasteiger partial charge in [-0.15, -0.1) is 0 Å². The Morgan fingerprint density at radius 2 is 2.24 bits per heavy atom. The van der Waals surface area contributed by atoms with E-state index >= 15 is 0 Å². The van der Waals surface area contributed by atoms with Crippen LogP contribution in [0.1, 0.15) is 34.2 Å². The average molecular weight is 349 g/mol. The summed E-state index contributed by atoms with van der Waals surface area (Å²) >= 11 is 3.51. The summed E-state index contributed by atoms with van der Waals surface area (Å²) in [5, 5.41) is 4.34. The van der Waals surface area contributed by atoms with Gasteiger partial charge in [0.15, 0.2) is 5.78 Å². The highest BCUT2D eigenvalue weighted by molar-refractivity contribution is 9.10. The molecule has 2 heterocycles. The van der Waals surface area contributed by atoms with Crippen molar-refractivity contribution in [3.63, 3.8) is 0 Å². The number of Topliss-reactive ketones (excluding diaryl/α,β-unsaturated/α-hetero) is 1. The molecule has 0 radical (unpaired) electrons. The van der Waals surface area contributed by atoms with Crippen LogP contribution < -0.4 is 4.74 Å². The maximum absolute atomic E-state index is 12.6. The largest absolute Gasteiger partial charge is 0.493 e. The molecule has 0 unspecified atom stereocenters. The van der Waals surface area contributed by atoms with Crippen LogP contribution >= 0.6 is 15.9 Å². The van der Waals surface area contributed by atoms with Crippen LogP contribution in [0.2, 0.25) is 0 Å². The number of benzene rings is 1. The lowest BCUT2D eigenvalue weighted by atomic mass is 10.0. The zero-order valence-electron chi connectivity index (χ0n) is 12.1. The molecule has 110 valence electrons. The van der Waals surface area contributed by atoms with E-state index in [-0.39, 0.29) is 5.78 Å². The number of fused-ring (bicyclic) bond motifs is 1. The number of hydrogen-bond acceptors (Lipinski definition) is 3. The molecule has 1 aromatic heterocycles. The van der Waals surface area contributed by atoms with Gasteiger partial charge in [0, 0.05) is 29.4 Å². The molecule has 3 rings (SSSR count). The number of rotatable bonds is 4. The number of halogens is 1. The molecule has 0 fully saturated rings. The van der Waals surface area contributed by atoms with E-state index in [0.717, 1.165) is 27.9 Å². The van der Waals surface area contributed by atoms with Gasteiger partial charge in [-0.05, 0) is 37.6 Å². The molecular formula is C16H17BrN2O2. The number of ketones is 1. The average Bonchev–Trinajstić information content (AvgIpc) is 3.04. The number of hydrogen-bond donors (Lipinski definition) is 0. The van der Waals surface area contributed by atoms with Crippen molar-refractivity contribution in [2.45, 2.75) is 33.2 Å². The summed E-state index contributed by atoms with van der Waals surface area (Å²) < 4.78 is 8.44. The molecule has 1 aliphatic heterocycles. The molecular weight excluding hydrogens is 332 g/mol. The number of aromatic nitrogens is 2. The van der Waals surface area contributed by atoms with E-state index < -0.39 is 0 Å². The second-order valence-electron chi connectivity index (χ2n) is 5.24. The van der Waals surface area contributed by atoms with Crippen LogP contribution in [0.4, 0.5) is 0 Å². The fourth-order valence-corrected chi connectivity index (χ4v) is 3.30. The first-order valence-corrected chi connectivity index (χ1v) is 7.89. The predicted molar refractivity (Wildman–Crippen MR) is 84.0 cm³/mol. The van der Waals surface area contributed by atoms with Crippen LogP contribution in [0.3, 0.4) is 0 Å². The quantitative estimate of drug-likeness (QED) is 0.796. The summed E-state index contributed by atoms with van der Waals surface area (Å²) in [7, 11) is 0. The fraction of sp³-hybridized carbons (Fsp3) is 0.375. The highest BCUT2D eigenvalue weighted by Crippen LogP contribution is 2.33. The van der Waals surface area contributed by atoms with Gasteiger partial charge in [0.1, 0.15) is 11.4 Å². The van der Waals surface area contributed by atoms with Crippen molar-refractivity contribution in [1.29, 1.82) is 0 Å². The van der Waals surface area contributed by atoms with Crippen LogP contribution in [0, 0.1) is 6.92 Å². The Morgan fingerprint density at radius 1 is 1.43 bits per heavy atom. The van der Waals surface area contributed by atoms with E-state index in [1.54, 1.807) is 4.68 Å². The summed E-state index contributed by atoms with van der Waals surface area (Å²) in [5.74, 6) is 0.957. The second kappa shape index (κ2) is 5.64. The molecule has 0 amide bonds. The standard InChI is InChI=1S/C16H17BrN2O2/c1-3-19-14(6-10(2)18-19)15(20)9-12-8-13(17)7-11-4-5-21-16(11)12/h6-8H,3-5,9H2,1-2H3. The number of aryl methyl sites for hydroxylation is 2. The lowest BCUT2D eigenvalue weighted by Gasteiger charge is -2.09. The third kappa shape index (κ3) is 2.75. The molecule has 1 aliphatic rings. The first kappa shape index (κ1) is 14.3. The minimum absolute atomic E-state index is 0.0771. The lowest BCUT2D eigenvalue weighted by Crippen LogP contribution is -2.12. The molecule has 1 aromatic carbocycles. The van der Waals surface area contributed by atoms with Crippen molar-refractivity contribution >= 4 is 21.7 Å². The maximum Gasteiger partial charge on any atom is 0.185 e. The van der Waals surface area contributed by atoms with E-state index in [1.807, 2.05) is 26.0 Å². The predicted octanol–water partition coefficient (Wildman–Crippen LogP) is 3.33. The molecule has 0 atom stereocenters. The minimum Gasteiger partial charge on any atom is -0.493 e. The molecule has 4 nitrogen and oxygen atoms in total. The molecule has 0 aliphatic carbocycles. The topological polar surface area (TPSA) is 44.1 Å². The van der Waals surface area contributed by atoms with Crippen LogP contribution in [0.5, 0.6) is 5.75 Å². The van der Waals surface area contributed by atoms with Gasteiger partial charge in [0.2, 0.25) is 0 Å². The summed E-state index contributed by atoms with van der Waals surface area (Å²) in [6.07, 6.45) is 1.24. The van der Waals surface area contributed by atoms with E-state index in [0.29, 0.717) is 25.3 Å². The number of carbonyl (C=O) groups is 1. The normalized spacial score (nSPS) is 13.1. The molecule has 21 heavy (non-hydrogen) atoms. The second-order valence-corrected chi connectivity index (χ2v) is 6.15. The Bertz CT molecular complexity index is 707. The van der Waals surface area contributed by atoms with E-state index in [4.69, 9.17) is 4.74 Å². The van der Waals surface area contributed by atoms with Crippen molar-refractivity contribution < 1.29 is 9.53 Å². The molecule has 0 bridgehead atoms. The molecule has 2 aromatic rings. The van der Waals surface area contributed by atoms with Crippen molar-refractivity contribution in [3.8, 4) is 5.75 Å². The van der Waals surface area contributed by atoms with Gasteiger partial charge in [-0.3, -0.25) is 9.48 Å². The zero-order valence-corrected chi connectivity index (χ0v) is 13.7. The smallest absolute Gasteiger partial charge is 0.185 e. The number of nitrogens with zero attached hydrogens (tertiary/aromatic N) is 2. The van der Waals surface area contributed by atoms with E-state index in [9.17, 15) is 4.79 Å². The highest BCUT2D eigenvalue weighted by atomic mass is 79.9. The summed E-state index contributed by atoms with van der Waals surface area (Å²) in [6.45, 7) is 5.28. The van der Waals surface area contributed by atoms with Gasteiger partial charge in [0.25, 0.3) is 0 Å². The maximum atomic E-state index is 12.6. The van der Waals surface area contributed by atoms with Gasteiger partial charge >= 0.3 is 0 Å². The first-order chi connectivity index (χ1) is 10.1. The van der Waals surface area contributed by atoms with Crippen molar-refractivity contribution in [2.75, 3.05) is 6.61 Å². The van der Waals surface area contributed by atoms with E-state index in [2.05, 4.69) is 27.1 Å². The summed E-state index contributed by atoms with van der Waals surface area (Å²) in [5.41, 5.74) is 3.66. The Morgan fingerprint density at radius 3 is 3.00 bits per heavy atom. The van der Waals surface area contributed by atoms with Gasteiger partial charge in [0.05, 0.1) is 12.3 Å². The van der Waals surface area contributed by atoms with Gasteiger partial charge < -0.3 is 4.74 Å². The summed E-state index contributed by atoms with van der Waals surface area (Å²) in [6, 6.07) is 5.89. The Labute approximate surface area is 132 Å². The Kier molecular flexibility index (Phi) is 3.85. The molecule has 0 spiro atoms. The fourth-order valence-electron chi connectivity index (χ4n) is 2.75. The van der Waals surface area contributed by atoms with Gasteiger partial charge in [-0.1, -0.05) is 15.9 Å². The molecule has 5 heteroatoms. The van der Waals surface area contributed by atoms with E-state index in [1.165, 1.54) is 5.56 Å². The van der Waals surface area contributed by atoms with Crippen LogP contribution in [0.25, 0.3) is 0 Å². The summed E-state index contributed by atoms with van der Waals surface area (Å²) in [4.78, 5) is 12.6. The number of ether oxygens (including phenoxy) is 1. The molecule has 0 saturated carbocycles. The van der Waals surface area contributed by atoms with Gasteiger partial charge in [-0.25, -0.2) is 0 Å². The van der Waals surface area contributed by atoms with Crippen molar-refractivity contribution in [1.82, 2.24) is 9.78 Å². The van der Waals surface area contributed by atoms with Crippen LogP contribution in [-0.4, -0.2) is 22.2 Å². The zero-order chi connectivity index (χ0) is 15.0. The van der Waals surface area contributed by atoms with Crippen LogP contribution in [-0.2, 0) is 19.4 Å². The third-order valence-electron chi connectivity index (χ3n) is 3.66. The monoisotopic (exact) mass is 348 g/mol. The Balaban J connectivity index is 1.92. The minimum atomic E-state index is 0.0771. The molecule has 0 N–H and O–H groups in total. The first-order valence-electron chi connectivity index (χ1n) is 7.10. The SMILES string of the molecule is CCn1nc(C)cc1C(=O)Cc1cc(Br)cc2c1OCC2. The number of carbonyl (C=O) groups excluding carboxylic acids is 1.